The van der Waals surface area contributed by atoms with Gasteiger partial charge in [-0.1, -0.05) is 0 Å². The molecule has 0 aliphatic carbocycles. The molecule has 5 aromatic rings. The molecule has 1 atom stereocenters. The fourth-order valence-corrected chi connectivity index (χ4v) is 8.06. The lowest BCUT2D eigenvalue weighted by molar-refractivity contribution is -0.125. The molecule has 8 rings (SSSR count). The van der Waals surface area contributed by atoms with E-state index in [0.29, 0.717) is 54.1 Å². The quantitative estimate of drug-likeness (QED) is 0.165. The van der Waals surface area contributed by atoms with Crippen molar-refractivity contribution in [2.75, 3.05) is 42.9 Å². The molecule has 3 aliphatic heterocycles. The van der Waals surface area contributed by atoms with Crippen molar-refractivity contribution in [1.82, 2.24) is 39.5 Å². The van der Waals surface area contributed by atoms with Crippen LogP contribution in [0.3, 0.4) is 0 Å². The van der Waals surface area contributed by atoms with Gasteiger partial charge < -0.3 is 19.9 Å². The second kappa shape index (κ2) is 15.0. The first-order chi connectivity index (χ1) is 27.0. The van der Waals surface area contributed by atoms with Gasteiger partial charge in [0.05, 0.1) is 42.6 Å². The number of nitrogens with one attached hydrogen (secondary N) is 2. The minimum absolute atomic E-state index is 0.0818. The molecule has 3 aliphatic rings. The first-order valence-corrected chi connectivity index (χ1v) is 19.1. The molecule has 0 saturated carbocycles. The third-order valence-electron chi connectivity index (χ3n) is 11.0. The monoisotopic (exact) mass is 764 g/mol. The van der Waals surface area contributed by atoms with E-state index in [4.69, 9.17) is 9.84 Å². The maximum Gasteiger partial charge on any atom is 0.261 e. The number of ether oxygens (including phenoxy) is 1. The van der Waals surface area contributed by atoms with E-state index in [0.717, 1.165) is 48.1 Å². The molecule has 2 saturated heterocycles. The molecule has 4 amide bonds. The number of alkyl halides is 1. The summed E-state index contributed by atoms with van der Waals surface area (Å²) in [5.41, 5.74) is 3.19. The lowest BCUT2D eigenvalue weighted by Crippen LogP contribution is -2.64. The van der Waals surface area contributed by atoms with Gasteiger partial charge in [0, 0.05) is 79.9 Å². The van der Waals surface area contributed by atoms with E-state index in [-0.39, 0.29) is 55.4 Å². The molecule has 292 valence electrons. The smallest absolute Gasteiger partial charge is 0.261 e. The molecule has 0 radical (unpaired) electrons. The van der Waals surface area contributed by atoms with E-state index in [2.05, 4.69) is 25.6 Å². The highest BCUT2D eigenvalue weighted by Gasteiger charge is 2.45. The number of halogens is 1. The van der Waals surface area contributed by atoms with Crippen LogP contribution in [-0.4, -0.2) is 109 Å². The van der Waals surface area contributed by atoms with Crippen molar-refractivity contribution in [3.63, 3.8) is 0 Å². The number of imide groups is 1. The number of rotatable bonds is 13. The van der Waals surface area contributed by atoms with Crippen LogP contribution in [0.2, 0.25) is 0 Å². The van der Waals surface area contributed by atoms with Crippen molar-refractivity contribution in [3.05, 3.63) is 77.9 Å². The predicted molar refractivity (Wildman–Crippen MR) is 206 cm³/mol. The number of carbonyl (C=O) groups is 4. The fourth-order valence-electron chi connectivity index (χ4n) is 8.06. The van der Waals surface area contributed by atoms with E-state index < -0.39 is 5.67 Å². The third kappa shape index (κ3) is 7.40. The second-order valence-electron chi connectivity index (χ2n) is 15.4. The highest BCUT2D eigenvalue weighted by atomic mass is 19.1. The van der Waals surface area contributed by atoms with Gasteiger partial charge in [-0.05, 0) is 75.9 Å². The van der Waals surface area contributed by atoms with Crippen LogP contribution < -0.4 is 20.3 Å². The highest BCUT2D eigenvalue weighted by Crippen LogP contribution is 2.37. The number of hydrogen-bond acceptors (Lipinski definition) is 10. The Balaban J connectivity index is 0.861. The van der Waals surface area contributed by atoms with Crippen LogP contribution in [0.5, 0.6) is 5.75 Å². The molecule has 1 unspecified atom stereocenters. The molecule has 0 bridgehead atoms. The molecule has 2 fully saturated rings. The van der Waals surface area contributed by atoms with Crippen molar-refractivity contribution in [2.24, 2.45) is 0 Å². The zero-order valence-corrected chi connectivity index (χ0v) is 31.7. The normalized spacial score (nSPS) is 17.6. The van der Waals surface area contributed by atoms with Crippen LogP contribution in [-0.2, 0) is 16.1 Å². The molecular formula is C40H45FN10O5. The van der Waals surface area contributed by atoms with Crippen LogP contribution in [0.4, 0.5) is 15.8 Å². The summed E-state index contributed by atoms with van der Waals surface area (Å²) in [6.07, 6.45) is 9.33. The van der Waals surface area contributed by atoms with E-state index in [1.54, 1.807) is 27.9 Å². The molecule has 2 N–H and O–H groups in total. The average molecular weight is 765 g/mol. The van der Waals surface area contributed by atoms with Crippen molar-refractivity contribution in [1.29, 1.82) is 0 Å². The van der Waals surface area contributed by atoms with Crippen molar-refractivity contribution in [2.45, 2.75) is 76.9 Å². The lowest BCUT2D eigenvalue weighted by Gasteiger charge is -2.48. The first kappa shape index (κ1) is 37.0. The molecule has 15 nitrogen and oxygen atoms in total. The molecule has 0 spiro atoms. The number of piperidine rings is 1. The minimum atomic E-state index is -1.34. The first-order valence-electron chi connectivity index (χ1n) is 19.1. The highest BCUT2D eigenvalue weighted by molar-refractivity contribution is 6.09. The van der Waals surface area contributed by atoms with E-state index in [1.807, 2.05) is 66.9 Å². The number of amides is 4. The van der Waals surface area contributed by atoms with Crippen LogP contribution in [0.1, 0.15) is 78.8 Å². The standard InChI is InChI=1S/C40H45FN10O5/c1-25(2)56-35-17-33-28(16-34(35)45-38(54)32-18-44-50-12-4-11-42-37(32)50)20-51(46-33)29-9-13-47(14-10-29)21-40(41)22-48(23-40)30-6-7-31-27(15-30)19-49(39(31)55)26(3)5-8-36(53)43-24-52/h4,6-7,11-12,15-18,20,24-26,29H,5,8-10,13-14,19,21-23H2,1-3H3,(H,45,54)(H,43,52,53). The Labute approximate surface area is 322 Å². The molecule has 6 heterocycles. The lowest BCUT2D eigenvalue weighted by atomic mass is 9.92. The van der Waals surface area contributed by atoms with Crippen LogP contribution in [0.25, 0.3) is 16.6 Å². The van der Waals surface area contributed by atoms with Gasteiger partial charge in [0.25, 0.3) is 11.8 Å². The van der Waals surface area contributed by atoms with Gasteiger partial charge in [0.1, 0.15) is 11.3 Å². The number of aromatic nitrogens is 5. The predicted octanol–water partition coefficient (Wildman–Crippen LogP) is 4.38. The van der Waals surface area contributed by atoms with Crippen molar-refractivity contribution in [3.8, 4) is 5.75 Å². The summed E-state index contributed by atoms with van der Waals surface area (Å²) in [6, 6.07) is 11.1. The zero-order chi connectivity index (χ0) is 39.1. The van der Waals surface area contributed by atoms with Gasteiger partial charge in [-0.2, -0.15) is 10.2 Å². The number of hydrogen-bond donors (Lipinski definition) is 2. The Kier molecular flexibility index (Phi) is 9.91. The van der Waals surface area contributed by atoms with E-state index >= 15 is 4.39 Å². The summed E-state index contributed by atoms with van der Waals surface area (Å²) in [7, 11) is 0. The Morgan fingerprint density at radius 2 is 1.93 bits per heavy atom. The number of nitrogens with zero attached hydrogens (tertiary/aromatic N) is 8. The van der Waals surface area contributed by atoms with E-state index in [9.17, 15) is 19.2 Å². The third-order valence-corrected chi connectivity index (χ3v) is 11.0. The summed E-state index contributed by atoms with van der Waals surface area (Å²) in [6.45, 7) is 8.59. The summed E-state index contributed by atoms with van der Waals surface area (Å²) >= 11 is 0. The zero-order valence-electron chi connectivity index (χ0n) is 31.7. The Hall–Kier alpha value is -5.90. The van der Waals surface area contributed by atoms with Crippen molar-refractivity contribution >= 4 is 52.1 Å². The second-order valence-corrected chi connectivity index (χ2v) is 15.4. The van der Waals surface area contributed by atoms with Crippen LogP contribution in [0, 0.1) is 0 Å². The largest absolute Gasteiger partial charge is 0.489 e. The maximum absolute atomic E-state index is 16.1. The minimum Gasteiger partial charge on any atom is -0.489 e. The Bertz CT molecular complexity index is 2310. The number of benzene rings is 2. The summed E-state index contributed by atoms with van der Waals surface area (Å²) in [5, 5.41) is 15.1. The average Bonchev–Trinajstić information content (AvgIpc) is 3.88. The summed E-state index contributed by atoms with van der Waals surface area (Å²) < 4.78 is 25.7. The number of anilines is 2. The molecular weight excluding hydrogens is 720 g/mol. The maximum atomic E-state index is 16.1. The number of likely N-dealkylation sites (tertiary alicyclic amines) is 1. The topological polar surface area (TPSA) is 159 Å². The SMILES string of the molecule is CC(C)Oc1cc2nn(C3CCN(CC4(F)CN(c5ccc6c(c5)CN(C(C)CCC(=O)NC=O)C6=O)C4)CC3)cc2cc1NC(=O)c1cnn2cccnc12. The number of fused-ring (bicyclic) bond motifs is 3. The number of carbonyl (C=O) groups excluding carboxylic acids is 4. The van der Waals surface area contributed by atoms with Gasteiger partial charge >= 0.3 is 0 Å². The molecule has 56 heavy (non-hydrogen) atoms. The van der Waals surface area contributed by atoms with Gasteiger partial charge in [-0.25, -0.2) is 13.9 Å². The van der Waals surface area contributed by atoms with Crippen LogP contribution in [0.15, 0.2) is 61.2 Å². The Morgan fingerprint density at radius 1 is 1.12 bits per heavy atom. The fraction of sp³-hybridized carbons (Fsp3) is 0.425. The molecule has 16 heteroatoms. The van der Waals surface area contributed by atoms with Crippen LogP contribution >= 0.6 is 0 Å². The van der Waals surface area contributed by atoms with Gasteiger partial charge in [0.15, 0.2) is 11.3 Å². The van der Waals surface area contributed by atoms with Gasteiger partial charge in [-0.15, -0.1) is 0 Å². The summed E-state index contributed by atoms with van der Waals surface area (Å²) in [4.78, 5) is 58.9. The van der Waals surface area contributed by atoms with Gasteiger partial charge in [0.2, 0.25) is 12.3 Å². The summed E-state index contributed by atoms with van der Waals surface area (Å²) in [5.74, 6) is -0.271. The molecule has 3 aromatic heterocycles. The van der Waals surface area contributed by atoms with Gasteiger partial charge in [-0.3, -0.25) is 34.1 Å². The van der Waals surface area contributed by atoms with Crippen molar-refractivity contribution < 1.29 is 28.3 Å². The molecule has 2 aromatic carbocycles. The Morgan fingerprint density at radius 3 is 2.70 bits per heavy atom. The van der Waals surface area contributed by atoms with E-state index in [1.165, 1.54) is 6.20 Å².